The summed E-state index contributed by atoms with van der Waals surface area (Å²) >= 11 is 0. The molecule has 1 aromatic rings. The van der Waals surface area contributed by atoms with Gasteiger partial charge in [-0.1, -0.05) is 46.5 Å². The van der Waals surface area contributed by atoms with E-state index in [2.05, 4.69) is 33.8 Å². The van der Waals surface area contributed by atoms with Crippen LogP contribution >= 0.6 is 0 Å². The van der Waals surface area contributed by atoms with Crippen molar-refractivity contribution in [3.05, 3.63) is 23.8 Å². The van der Waals surface area contributed by atoms with Gasteiger partial charge in [0, 0.05) is 6.42 Å². The lowest BCUT2D eigenvalue weighted by Crippen LogP contribution is -2.36. The first-order valence-corrected chi connectivity index (χ1v) is 11.9. The van der Waals surface area contributed by atoms with Gasteiger partial charge >= 0.3 is 5.97 Å². The minimum Gasteiger partial charge on any atom is -0.494 e. The lowest BCUT2D eigenvalue weighted by molar-refractivity contribution is -0.137. The molecular formula is C26H42O4. The largest absolute Gasteiger partial charge is 0.494 e. The zero-order chi connectivity index (χ0) is 22.0. The van der Waals surface area contributed by atoms with Crippen LogP contribution in [0.5, 0.6) is 11.5 Å². The zero-order valence-corrected chi connectivity index (χ0v) is 19.5. The monoisotopic (exact) mass is 418 g/mol. The molecule has 30 heavy (non-hydrogen) atoms. The molecule has 2 atom stereocenters. The van der Waals surface area contributed by atoms with Gasteiger partial charge < -0.3 is 14.6 Å². The van der Waals surface area contributed by atoms with Crippen molar-refractivity contribution in [2.75, 3.05) is 6.61 Å². The first-order chi connectivity index (χ1) is 14.3. The second kappa shape index (κ2) is 12.2. The first-order valence-electron chi connectivity index (χ1n) is 11.9. The molecule has 4 heteroatoms. The van der Waals surface area contributed by atoms with Crippen LogP contribution in [0.4, 0.5) is 0 Å². The number of aryl methyl sites for hydroxylation is 1. The average Bonchev–Trinajstić information content (AvgIpc) is 2.67. The van der Waals surface area contributed by atoms with Gasteiger partial charge in [-0.25, -0.2) is 0 Å². The van der Waals surface area contributed by atoms with Crippen molar-refractivity contribution in [1.82, 2.24) is 0 Å². The van der Waals surface area contributed by atoms with Gasteiger partial charge in [0.2, 0.25) is 0 Å². The van der Waals surface area contributed by atoms with Crippen molar-refractivity contribution < 1.29 is 19.4 Å². The molecule has 0 amide bonds. The van der Waals surface area contributed by atoms with E-state index in [1.165, 1.54) is 37.7 Å². The third-order valence-electron chi connectivity index (χ3n) is 6.25. The van der Waals surface area contributed by atoms with Crippen molar-refractivity contribution in [2.24, 2.45) is 11.8 Å². The Hall–Kier alpha value is -1.71. The Morgan fingerprint density at radius 2 is 1.90 bits per heavy atom. The highest BCUT2D eigenvalue weighted by Gasteiger charge is 2.31. The maximum atomic E-state index is 10.6. The van der Waals surface area contributed by atoms with Crippen LogP contribution in [0.15, 0.2) is 18.2 Å². The Kier molecular flexibility index (Phi) is 10.0. The van der Waals surface area contributed by atoms with Gasteiger partial charge in [-0.3, -0.25) is 4.79 Å². The Morgan fingerprint density at radius 3 is 2.63 bits per heavy atom. The Morgan fingerprint density at radius 1 is 1.13 bits per heavy atom. The number of hydrogen-bond acceptors (Lipinski definition) is 3. The summed E-state index contributed by atoms with van der Waals surface area (Å²) in [6.45, 7) is 9.82. The summed E-state index contributed by atoms with van der Waals surface area (Å²) in [5, 5.41) is 8.68. The Labute approximate surface area is 183 Å². The molecule has 2 unspecified atom stereocenters. The number of rotatable bonds is 14. The normalized spacial score (nSPS) is 19.2. The average molecular weight is 419 g/mol. The standard InChI is InChI=1S/C26H42O4/c1-20(2)9-7-10-21(3)11-8-16-26(4)17-15-22-19-23(13-14-24(22)30-26)29-18-6-5-12-25(27)28/h13-14,19-21H,5-12,15-18H2,1-4H3,(H,27,28). The number of carbonyl (C=O) groups is 1. The highest BCUT2D eigenvalue weighted by Crippen LogP contribution is 2.38. The molecular weight excluding hydrogens is 376 g/mol. The predicted octanol–water partition coefficient (Wildman–Crippen LogP) is 7.04. The summed E-state index contributed by atoms with van der Waals surface area (Å²) in [4.78, 5) is 10.6. The molecule has 0 spiro atoms. The molecule has 0 aromatic heterocycles. The van der Waals surface area contributed by atoms with Crippen molar-refractivity contribution in [2.45, 2.75) is 104 Å². The summed E-state index contributed by atoms with van der Waals surface area (Å²) in [6, 6.07) is 6.09. The van der Waals surface area contributed by atoms with Crippen LogP contribution < -0.4 is 9.47 Å². The van der Waals surface area contributed by atoms with Crippen LogP contribution in [-0.2, 0) is 11.2 Å². The molecule has 0 saturated carbocycles. The predicted molar refractivity (Wildman–Crippen MR) is 122 cm³/mol. The molecule has 1 heterocycles. The fourth-order valence-corrected chi connectivity index (χ4v) is 4.24. The number of carboxylic acids is 1. The van der Waals surface area contributed by atoms with E-state index in [1.54, 1.807) is 0 Å². The van der Waals surface area contributed by atoms with Gasteiger partial charge in [0.25, 0.3) is 0 Å². The summed E-state index contributed by atoms with van der Waals surface area (Å²) in [5.74, 6) is 2.72. The van der Waals surface area contributed by atoms with Crippen molar-refractivity contribution in [1.29, 1.82) is 0 Å². The van der Waals surface area contributed by atoms with Crippen LogP contribution in [-0.4, -0.2) is 23.3 Å². The van der Waals surface area contributed by atoms with Crippen molar-refractivity contribution in [3.8, 4) is 11.5 Å². The molecule has 0 bridgehead atoms. The highest BCUT2D eigenvalue weighted by atomic mass is 16.5. The minimum absolute atomic E-state index is 0.0656. The van der Waals surface area contributed by atoms with Crippen LogP contribution in [0.25, 0.3) is 0 Å². The number of fused-ring (bicyclic) bond motifs is 1. The fraction of sp³-hybridized carbons (Fsp3) is 0.731. The number of aliphatic carboxylic acids is 1. The summed E-state index contributed by atoms with van der Waals surface area (Å²) in [6.07, 6.45) is 11.4. The third kappa shape index (κ3) is 8.97. The summed E-state index contributed by atoms with van der Waals surface area (Å²) < 4.78 is 12.2. The van der Waals surface area contributed by atoms with Gasteiger partial charge in [0.05, 0.1) is 6.61 Å². The lowest BCUT2D eigenvalue weighted by atomic mass is 9.86. The number of carboxylic acid groups (broad SMARTS) is 1. The van der Waals surface area contributed by atoms with Crippen LogP contribution in [0.3, 0.4) is 0 Å². The first kappa shape index (κ1) is 24.6. The van der Waals surface area contributed by atoms with E-state index in [0.717, 1.165) is 49.0 Å². The second-order valence-corrected chi connectivity index (χ2v) is 9.84. The molecule has 2 rings (SSSR count). The molecule has 0 radical (unpaired) electrons. The van der Waals surface area contributed by atoms with Gasteiger partial charge in [-0.2, -0.15) is 0 Å². The third-order valence-corrected chi connectivity index (χ3v) is 6.25. The molecule has 0 fully saturated rings. The second-order valence-electron chi connectivity index (χ2n) is 9.84. The van der Waals surface area contributed by atoms with E-state index in [1.807, 2.05) is 12.1 Å². The van der Waals surface area contributed by atoms with Crippen molar-refractivity contribution >= 4 is 5.97 Å². The maximum absolute atomic E-state index is 10.6. The number of ether oxygens (including phenoxy) is 2. The summed E-state index contributed by atoms with van der Waals surface area (Å²) in [7, 11) is 0. The molecule has 1 N–H and O–H groups in total. The van der Waals surface area contributed by atoms with Gasteiger partial charge in [0.1, 0.15) is 17.1 Å². The van der Waals surface area contributed by atoms with Crippen LogP contribution in [0.1, 0.15) is 97.5 Å². The Bertz CT molecular complexity index is 654. The molecule has 170 valence electrons. The van der Waals surface area contributed by atoms with E-state index in [0.29, 0.717) is 13.0 Å². The molecule has 0 aliphatic carbocycles. The number of unbranched alkanes of at least 4 members (excludes halogenated alkanes) is 1. The molecule has 1 aliphatic heterocycles. The molecule has 1 aromatic carbocycles. The van der Waals surface area contributed by atoms with Crippen LogP contribution in [0, 0.1) is 11.8 Å². The van der Waals surface area contributed by atoms with Crippen LogP contribution in [0.2, 0.25) is 0 Å². The molecule has 4 nitrogen and oxygen atoms in total. The van der Waals surface area contributed by atoms with Gasteiger partial charge in [-0.05, 0) is 81.0 Å². The van der Waals surface area contributed by atoms with Gasteiger partial charge in [-0.15, -0.1) is 0 Å². The number of hydrogen-bond donors (Lipinski definition) is 1. The Balaban J connectivity index is 1.73. The highest BCUT2D eigenvalue weighted by molar-refractivity contribution is 5.66. The van der Waals surface area contributed by atoms with E-state index < -0.39 is 5.97 Å². The fourth-order valence-electron chi connectivity index (χ4n) is 4.24. The maximum Gasteiger partial charge on any atom is 0.303 e. The van der Waals surface area contributed by atoms with E-state index >= 15 is 0 Å². The van der Waals surface area contributed by atoms with E-state index in [9.17, 15) is 4.79 Å². The minimum atomic E-state index is -0.746. The lowest BCUT2D eigenvalue weighted by Gasteiger charge is -2.36. The smallest absolute Gasteiger partial charge is 0.303 e. The van der Waals surface area contributed by atoms with E-state index in [-0.39, 0.29) is 12.0 Å². The molecule has 1 aliphatic rings. The zero-order valence-electron chi connectivity index (χ0n) is 19.5. The summed E-state index contributed by atoms with van der Waals surface area (Å²) in [5.41, 5.74) is 1.15. The molecule has 0 saturated heterocycles. The number of benzene rings is 1. The SMILES string of the molecule is CC(C)CCCC(C)CCCC1(C)CCc2cc(OCCCCC(=O)O)ccc2O1. The van der Waals surface area contributed by atoms with Crippen molar-refractivity contribution in [3.63, 3.8) is 0 Å². The van der Waals surface area contributed by atoms with E-state index in [4.69, 9.17) is 14.6 Å². The van der Waals surface area contributed by atoms with Gasteiger partial charge in [0.15, 0.2) is 0 Å². The quantitative estimate of drug-likeness (QED) is 0.329. The topological polar surface area (TPSA) is 55.8 Å².